The van der Waals surface area contributed by atoms with E-state index in [9.17, 15) is 0 Å². The van der Waals surface area contributed by atoms with Gasteiger partial charge in [-0.2, -0.15) is 0 Å². The first-order chi connectivity index (χ1) is 13.2. The minimum Gasteiger partial charge on any atom is -0.376 e. The van der Waals surface area contributed by atoms with Crippen LogP contribution in [0.25, 0.3) is 0 Å². The maximum Gasteiger partial charge on any atom is 0.193 e. The zero-order valence-electron chi connectivity index (χ0n) is 16.9. The summed E-state index contributed by atoms with van der Waals surface area (Å²) >= 11 is 1.84. The number of aliphatic imine (C=N–C) groups is 1. The van der Waals surface area contributed by atoms with Crippen LogP contribution in [-0.2, 0) is 15.9 Å². The van der Waals surface area contributed by atoms with Crippen LogP contribution in [0.4, 0.5) is 0 Å². The van der Waals surface area contributed by atoms with E-state index in [1.807, 2.05) is 11.3 Å². The van der Waals surface area contributed by atoms with E-state index in [0.717, 1.165) is 71.0 Å². The summed E-state index contributed by atoms with van der Waals surface area (Å²) in [6.07, 6.45) is 6.28. The fraction of sp³-hybridized carbons (Fsp3) is 0.762. The predicted octanol–water partition coefficient (Wildman–Crippen LogP) is 3.55. The number of nitrogens with zero attached hydrogens (tertiary/aromatic N) is 2. The summed E-state index contributed by atoms with van der Waals surface area (Å²) in [5, 5.41) is 5.63. The molecule has 0 spiro atoms. The van der Waals surface area contributed by atoms with Crippen molar-refractivity contribution in [3.63, 3.8) is 0 Å². The number of likely N-dealkylation sites (tertiary alicyclic amines) is 1. The summed E-state index contributed by atoms with van der Waals surface area (Å²) in [4.78, 5) is 8.77. The van der Waals surface area contributed by atoms with Crippen LogP contribution in [0.15, 0.2) is 22.5 Å². The molecule has 0 aromatic carbocycles. The van der Waals surface area contributed by atoms with Crippen LogP contribution in [0.5, 0.6) is 0 Å². The SMILES string of the molecule is CCNC(=NCC(C)Cc1cccs1)N1CCC(OCC2CCCO2)CC1. The van der Waals surface area contributed by atoms with Gasteiger partial charge in [-0.1, -0.05) is 13.0 Å². The van der Waals surface area contributed by atoms with Gasteiger partial charge < -0.3 is 19.7 Å². The Kier molecular flexibility index (Phi) is 8.42. The van der Waals surface area contributed by atoms with Crippen LogP contribution in [0, 0.1) is 5.92 Å². The van der Waals surface area contributed by atoms with E-state index < -0.39 is 0 Å². The van der Waals surface area contributed by atoms with Gasteiger partial charge in [0.25, 0.3) is 0 Å². The first kappa shape index (κ1) is 20.6. The highest BCUT2D eigenvalue weighted by Gasteiger charge is 2.24. The van der Waals surface area contributed by atoms with Crippen molar-refractivity contribution in [2.75, 3.05) is 39.4 Å². The van der Waals surface area contributed by atoms with Crippen molar-refractivity contribution >= 4 is 17.3 Å². The Morgan fingerprint density at radius 3 is 2.93 bits per heavy atom. The lowest BCUT2D eigenvalue weighted by Crippen LogP contribution is -2.47. The van der Waals surface area contributed by atoms with Crippen molar-refractivity contribution in [2.24, 2.45) is 10.9 Å². The molecule has 2 aliphatic rings. The zero-order valence-corrected chi connectivity index (χ0v) is 17.7. The fourth-order valence-corrected chi connectivity index (χ4v) is 4.63. The molecule has 2 aliphatic heterocycles. The second-order valence-corrected chi connectivity index (χ2v) is 8.77. The lowest BCUT2D eigenvalue weighted by Gasteiger charge is -2.34. The van der Waals surface area contributed by atoms with E-state index in [4.69, 9.17) is 14.5 Å². The van der Waals surface area contributed by atoms with Crippen LogP contribution in [0.1, 0.15) is 44.4 Å². The summed E-state index contributed by atoms with van der Waals surface area (Å²) in [5.74, 6) is 1.62. The molecule has 0 saturated carbocycles. The predicted molar refractivity (Wildman–Crippen MR) is 113 cm³/mol. The van der Waals surface area contributed by atoms with Gasteiger partial charge in [-0.25, -0.2) is 0 Å². The number of nitrogens with one attached hydrogen (secondary N) is 1. The van der Waals surface area contributed by atoms with E-state index >= 15 is 0 Å². The van der Waals surface area contributed by atoms with E-state index in [0.29, 0.717) is 18.1 Å². The summed E-state index contributed by atoms with van der Waals surface area (Å²) in [6.45, 7) is 9.91. The summed E-state index contributed by atoms with van der Waals surface area (Å²) in [7, 11) is 0. The largest absolute Gasteiger partial charge is 0.376 e. The van der Waals surface area contributed by atoms with Crippen LogP contribution < -0.4 is 5.32 Å². The smallest absolute Gasteiger partial charge is 0.193 e. The van der Waals surface area contributed by atoms with Gasteiger partial charge in [-0.15, -0.1) is 11.3 Å². The third kappa shape index (κ3) is 6.77. The number of thiophene rings is 1. The number of hydrogen-bond donors (Lipinski definition) is 1. The molecule has 2 atom stereocenters. The minimum absolute atomic E-state index is 0.326. The average molecular weight is 394 g/mol. The molecule has 1 N–H and O–H groups in total. The Bertz CT molecular complexity index is 550. The van der Waals surface area contributed by atoms with Gasteiger partial charge >= 0.3 is 0 Å². The number of hydrogen-bond acceptors (Lipinski definition) is 4. The van der Waals surface area contributed by atoms with E-state index in [2.05, 4.69) is 41.6 Å². The zero-order chi connectivity index (χ0) is 18.9. The fourth-order valence-electron chi connectivity index (χ4n) is 3.76. The van der Waals surface area contributed by atoms with Gasteiger partial charge in [0.15, 0.2) is 5.96 Å². The molecular formula is C21H35N3O2S. The summed E-state index contributed by atoms with van der Waals surface area (Å²) < 4.78 is 11.8. The van der Waals surface area contributed by atoms with Crippen LogP contribution in [0.3, 0.4) is 0 Å². The third-order valence-electron chi connectivity index (χ3n) is 5.30. The molecule has 5 nitrogen and oxygen atoms in total. The van der Waals surface area contributed by atoms with Crippen LogP contribution in [0.2, 0.25) is 0 Å². The first-order valence-corrected chi connectivity index (χ1v) is 11.4. The Labute approximate surface area is 168 Å². The maximum atomic E-state index is 6.10. The molecular weight excluding hydrogens is 358 g/mol. The number of rotatable bonds is 8. The second kappa shape index (κ2) is 11.0. The van der Waals surface area contributed by atoms with Gasteiger partial charge in [0, 0.05) is 37.7 Å². The van der Waals surface area contributed by atoms with Gasteiger partial charge in [0.05, 0.1) is 18.8 Å². The number of guanidine groups is 1. The number of piperidine rings is 1. The van der Waals surface area contributed by atoms with Crippen LogP contribution in [-0.4, -0.2) is 62.5 Å². The highest BCUT2D eigenvalue weighted by atomic mass is 32.1. The van der Waals surface area contributed by atoms with E-state index in [-0.39, 0.29) is 0 Å². The normalized spacial score (nSPS) is 23.0. The highest BCUT2D eigenvalue weighted by molar-refractivity contribution is 7.09. The molecule has 1 aromatic heterocycles. The Morgan fingerprint density at radius 2 is 2.26 bits per heavy atom. The average Bonchev–Trinajstić information content (AvgIpc) is 3.38. The molecule has 0 bridgehead atoms. The molecule has 6 heteroatoms. The molecule has 2 unspecified atom stereocenters. The van der Waals surface area contributed by atoms with Crippen molar-refractivity contribution in [2.45, 2.75) is 58.2 Å². The molecule has 0 amide bonds. The summed E-state index contributed by atoms with van der Waals surface area (Å²) in [6, 6.07) is 4.35. The summed E-state index contributed by atoms with van der Waals surface area (Å²) in [5.41, 5.74) is 0. The van der Waals surface area contributed by atoms with Crippen LogP contribution >= 0.6 is 11.3 Å². The highest BCUT2D eigenvalue weighted by Crippen LogP contribution is 2.18. The monoisotopic (exact) mass is 393 g/mol. The Hall–Kier alpha value is -1.11. The van der Waals surface area contributed by atoms with Crippen molar-refractivity contribution in [3.8, 4) is 0 Å². The number of ether oxygens (including phenoxy) is 2. The van der Waals surface area contributed by atoms with Gasteiger partial charge in [-0.05, 0) is 56.4 Å². The van der Waals surface area contributed by atoms with Gasteiger partial charge in [-0.3, -0.25) is 4.99 Å². The van der Waals surface area contributed by atoms with E-state index in [1.54, 1.807) is 0 Å². The molecule has 0 aliphatic carbocycles. The van der Waals surface area contributed by atoms with Gasteiger partial charge in [0.1, 0.15) is 0 Å². The lowest BCUT2D eigenvalue weighted by molar-refractivity contribution is -0.0367. The molecule has 1 aromatic rings. The molecule has 2 fully saturated rings. The minimum atomic E-state index is 0.326. The Balaban J connectivity index is 1.42. The van der Waals surface area contributed by atoms with Gasteiger partial charge in [0.2, 0.25) is 0 Å². The third-order valence-corrected chi connectivity index (χ3v) is 6.20. The molecule has 3 rings (SSSR count). The van der Waals surface area contributed by atoms with Crippen molar-refractivity contribution in [1.29, 1.82) is 0 Å². The Morgan fingerprint density at radius 1 is 1.41 bits per heavy atom. The quantitative estimate of drug-likeness (QED) is 0.542. The molecule has 0 radical (unpaired) electrons. The topological polar surface area (TPSA) is 46.1 Å². The van der Waals surface area contributed by atoms with Crippen molar-refractivity contribution in [3.05, 3.63) is 22.4 Å². The molecule has 2 saturated heterocycles. The maximum absolute atomic E-state index is 6.10. The molecule has 152 valence electrons. The molecule has 3 heterocycles. The second-order valence-electron chi connectivity index (χ2n) is 7.74. The lowest BCUT2D eigenvalue weighted by atomic mass is 10.1. The first-order valence-electron chi connectivity index (χ1n) is 10.5. The van der Waals surface area contributed by atoms with E-state index in [1.165, 1.54) is 11.3 Å². The standard InChI is InChI=1S/C21H35N3O2S/c1-3-22-21(23-15-17(2)14-20-7-5-13-27-20)24-10-8-18(9-11-24)26-16-19-6-4-12-25-19/h5,7,13,17-19H,3-4,6,8-12,14-16H2,1-2H3,(H,22,23). The molecule has 27 heavy (non-hydrogen) atoms. The van der Waals surface area contributed by atoms with Crippen molar-refractivity contribution < 1.29 is 9.47 Å². The van der Waals surface area contributed by atoms with Crippen molar-refractivity contribution in [1.82, 2.24) is 10.2 Å².